The van der Waals surface area contributed by atoms with Gasteiger partial charge in [-0.25, -0.2) is 0 Å². The molecule has 1 atom stereocenters. The van der Waals surface area contributed by atoms with Crippen LogP contribution in [0.1, 0.15) is 39.2 Å². The lowest BCUT2D eigenvalue weighted by Crippen LogP contribution is -2.35. The van der Waals surface area contributed by atoms with E-state index in [0.29, 0.717) is 5.57 Å². The Morgan fingerprint density at radius 3 is 2.43 bits per heavy atom. The number of nitrogens with zero attached hydrogens (tertiary/aromatic N) is 1. The van der Waals surface area contributed by atoms with Crippen LogP contribution in [0.3, 0.4) is 0 Å². The fourth-order valence-corrected chi connectivity index (χ4v) is 2.75. The molecular formula is C18H25NO2. The van der Waals surface area contributed by atoms with E-state index in [0.717, 1.165) is 38.0 Å². The first-order valence-electron chi connectivity index (χ1n) is 7.81. The van der Waals surface area contributed by atoms with Crippen LogP contribution in [0.15, 0.2) is 36.6 Å². The fourth-order valence-electron chi connectivity index (χ4n) is 2.75. The molecule has 3 nitrogen and oxygen atoms in total. The monoisotopic (exact) mass is 287 g/mol. The number of ether oxygens (including phenoxy) is 1. The summed E-state index contributed by atoms with van der Waals surface area (Å²) in [5, 5.41) is 0. The highest BCUT2D eigenvalue weighted by Crippen LogP contribution is 2.34. The Balaban J connectivity index is 1.95. The first-order chi connectivity index (χ1) is 10.1. The van der Waals surface area contributed by atoms with Gasteiger partial charge in [0.1, 0.15) is 0 Å². The normalized spacial score (nSPS) is 21.5. The zero-order chi connectivity index (χ0) is 15.3. The van der Waals surface area contributed by atoms with Crippen LogP contribution in [0.5, 0.6) is 0 Å². The number of hydrogen-bond donors (Lipinski definition) is 0. The summed E-state index contributed by atoms with van der Waals surface area (Å²) in [6.45, 7) is 9.35. The predicted molar refractivity (Wildman–Crippen MR) is 85.9 cm³/mol. The van der Waals surface area contributed by atoms with Crippen LogP contribution >= 0.6 is 0 Å². The van der Waals surface area contributed by atoms with Crippen LogP contribution in [0, 0.1) is 0 Å². The van der Waals surface area contributed by atoms with E-state index in [4.69, 9.17) is 4.74 Å². The molecule has 0 bridgehead atoms. The van der Waals surface area contributed by atoms with Gasteiger partial charge in [-0.05, 0) is 45.0 Å². The van der Waals surface area contributed by atoms with Gasteiger partial charge in [0.2, 0.25) is 5.78 Å². The molecule has 0 spiro atoms. The summed E-state index contributed by atoms with van der Waals surface area (Å²) in [6.07, 6.45) is 3.37. The molecule has 0 saturated heterocycles. The second-order valence-electron chi connectivity index (χ2n) is 5.71. The highest BCUT2D eigenvalue weighted by molar-refractivity contribution is 6.25. The molecular weight excluding hydrogens is 262 g/mol. The number of carbonyl (C=O) groups excluding carboxylic acids is 1. The summed E-state index contributed by atoms with van der Waals surface area (Å²) in [5.74, 6) is 0.105. The van der Waals surface area contributed by atoms with Gasteiger partial charge >= 0.3 is 0 Å². The Hall–Kier alpha value is -1.61. The third kappa shape index (κ3) is 3.53. The largest absolute Gasteiger partial charge is 0.486 e. The van der Waals surface area contributed by atoms with Crippen LogP contribution in [0.25, 0.3) is 5.57 Å². The average Bonchev–Trinajstić information content (AvgIpc) is 2.81. The van der Waals surface area contributed by atoms with Crippen molar-refractivity contribution in [3.05, 3.63) is 42.2 Å². The fraction of sp³-hybridized carbons (Fsp3) is 0.500. The number of benzene rings is 1. The van der Waals surface area contributed by atoms with Crippen molar-refractivity contribution in [1.29, 1.82) is 0 Å². The van der Waals surface area contributed by atoms with E-state index in [1.807, 2.05) is 37.3 Å². The van der Waals surface area contributed by atoms with Crippen LogP contribution in [0.4, 0.5) is 0 Å². The summed E-state index contributed by atoms with van der Waals surface area (Å²) in [7, 11) is 0. The lowest BCUT2D eigenvalue weighted by Gasteiger charge is -2.24. The van der Waals surface area contributed by atoms with E-state index >= 15 is 0 Å². The third-order valence-corrected chi connectivity index (χ3v) is 4.27. The highest BCUT2D eigenvalue weighted by atomic mass is 16.5. The molecule has 1 aliphatic heterocycles. The van der Waals surface area contributed by atoms with Gasteiger partial charge in [-0.1, -0.05) is 44.2 Å². The van der Waals surface area contributed by atoms with Crippen LogP contribution in [-0.4, -0.2) is 35.9 Å². The Labute approximate surface area is 127 Å². The van der Waals surface area contributed by atoms with E-state index in [1.165, 1.54) is 0 Å². The first-order valence-corrected chi connectivity index (χ1v) is 7.81. The van der Waals surface area contributed by atoms with Crippen LogP contribution < -0.4 is 0 Å². The summed E-state index contributed by atoms with van der Waals surface area (Å²) in [4.78, 5) is 15.0. The molecule has 0 fully saturated rings. The van der Waals surface area contributed by atoms with E-state index in [9.17, 15) is 4.79 Å². The number of hydrogen-bond acceptors (Lipinski definition) is 3. The van der Waals surface area contributed by atoms with Crippen molar-refractivity contribution >= 4 is 11.4 Å². The molecule has 0 saturated carbocycles. The maximum Gasteiger partial charge on any atom is 0.209 e. The summed E-state index contributed by atoms with van der Waals surface area (Å²) < 4.78 is 5.74. The molecule has 1 heterocycles. The number of carbonyl (C=O) groups is 1. The molecule has 0 N–H and O–H groups in total. The zero-order valence-corrected chi connectivity index (χ0v) is 13.3. The van der Waals surface area contributed by atoms with Gasteiger partial charge in [-0.2, -0.15) is 0 Å². The Morgan fingerprint density at radius 1 is 1.14 bits per heavy atom. The van der Waals surface area contributed by atoms with Crippen LogP contribution in [-0.2, 0) is 9.53 Å². The zero-order valence-electron chi connectivity index (χ0n) is 13.3. The Morgan fingerprint density at radius 2 is 1.81 bits per heavy atom. The van der Waals surface area contributed by atoms with Gasteiger partial charge in [0.15, 0.2) is 5.60 Å². The quantitative estimate of drug-likeness (QED) is 0.768. The topological polar surface area (TPSA) is 29.5 Å². The van der Waals surface area contributed by atoms with Gasteiger partial charge in [0.05, 0.1) is 11.8 Å². The van der Waals surface area contributed by atoms with Crippen molar-refractivity contribution in [3.63, 3.8) is 0 Å². The Kier molecular flexibility index (Phi) is 5.18. The summed E-state index contributed by atoms with van der Waals surface area (Å²) in [6, 6.07) is 9.75. The smallest absolute Gasteiger partial charge is 0.209 e. The average molecular weight is 287 g/mol. The van der Waals surface area contributed by atoms with E-state index in [1.54, 1.807) is 6.26 Å². The van der Waals surface area contributed by atoms with Crippen molar-refractivity contribution in [2.75, 3.05) is 19.6 Å². The molecule has 0 amide bonds. The van der Waals surface area contributed by atoms with Gasteiger partial charge < -0.3 is 9.64 Å². The standard InChI is InChI=1S/C18H25NO2/c1-4-19(5-2)13-9-12-18(3)17(20)16(14-21-18)15-10-7-6-8-11-15/h6-8,10-11,14H,4-5,9,12-13H2,1-3H3. The van der Waals surface area contributed by atoms with E-state index < -0.39 is 5.60 Å². The molecule has 0 aromatic heterocycles. The molecule has 1 aromatic carbocycles. The number of ketones is 1. The van der Waals surface area contributed by atoms with E-state index in [-0.39, 0.29) is 5.78 Å². The first kappa shape index (κ1) is 15.8. The highest BCUT2D eigenvalue weighted by Gasteiger charge is 2.41. The summed E-state index contributed by atoms with van der Waals surface area (Å²) >= 11 is 0. The second kappa shape index (κ2) is 6.90. The number of Topliss-reactive ketones (excluding diaryl/α,β-unsaturated/α-hetero) is 1. The molecule has 1 aliphatic rings. The second-order valence-corrected chi connectivity index (χ2v) is 5.71. The molecule has 21 heavy (non-hydrogen) atoms. The van der Waals surface area contributed by atoms with Crippen molar-refractivity contribution in [2.45, 2.75) is 39.2 Å². The Bertz CT molecular complexity index is 505. The van der Waals surface area contributed by atoms with Gasteiger partial charge in [-0.15, -0.1) is 0 Å². The molecule has 1 unspecified atom stereocenters. The molecule has 0 aliphatic carbocycles. The van der Waals surface area contributed by atoms with Crippen molar-refractivity contribution < 1.29 is 9.53 Å². The van der Waals surface area contributed by atoms with Crippen LogP contribution in [0.2, 0.25) is 0 Å². The molecule has 114 valence electrons. The van der Waals surface area contributed by atoms with Gasteiger partial charge in [0, 0.05) is 0 Å². The molecule has 0 radical (unpaired) electrons. The molecule has 1 aromatic rings. The predicted octanol–water partition coefficient (Wildman–Crippen LogP) is 3.51. The molecule has 2 rings (SSSR count). The van der Waals surface area contributed by atoms with E-state index in [2.05, 4.69) is 18.7 Å². The maximum absolute atomic E-state index is 12.6. The minimum absolute atomic E-state index is 0.105. The van der Waals surface area contributed by atoms with Crippen molar-refractivity contribution in [3.8, 4) is 0 Å². The lowest BCUT2D eigenvalue weighted by molar-refractivity contribution is -0.127. The van der Waals surface area contributed by atoms with Gasteiger partial charge in [0.25, 0.3) is 0 Å². The summed E-state index contributed by atoms with van der Waals surface area (Å²) in [5.41, 5.74) is 0.939. The molecule has 3 heteroatoms. The minimum atomic E-state index is -0.696. The lowest BCUT2D eigenvalue weighted by atomic mass is 9.89. The van der Waals surface area contributed by atoms with Crippen molar-refractivity contribution in [1.82, 2.24) is 4.90 Å². The third-order valence-electron chi connectivity index (χ3n) is 4.27. The number of rotatable bonds is 7. The van der Waals surface area contributed by atoms with Crippen molar-refractivity contribution in [2.24, 2.45) is 0 Å². The van der Waals surface area contributed by atoms with Gasteiger partial charge in [-0.3, -0.25) is 4.79 Å². The SMILES string of the molecule is CCN(CC)CCCC1(C)OC=C(c2ccccc2)C1=O. The maximum atomic E-state index is 12.6. The minimum Gasteiger partial charge on any atom is -0.486 e.